The second-order valence-corrected chi connectivity index (χ2v) is 12.6. The van der Waals surface area contributed by atoms with Gasteiger partial charge in [-0.25, -0.2) is 18.0 Å². The number of aliphatic hydroxyl groups is 1. The summed E-state index contributed by atoms with van der Waals surface area (Å²) in [6.45, 7) is 12.8. The van der Waals surface area contributed by atoms with Crippen LogP contribution < -0.4 is 33.7 Å². The number of hydrogen-bond donors (Lipinski definition) is 2. The van der Waals surface area contributed by atoms with Crippen LogP contribution >= 0.6 is 0 Å². The number of esters is 1. The number of carbonyl (C=O) groups is 2. The molecular formula is C35H50NaO12S2+. The van der Waals surface area contributed by atoms with Crippen molar-refractivity contribution >= 4 is 45.2 Å². The van der Waals surface area contributed by atoms with Crippen LogP contribution in [0.4, 0.5) is 0 Å². The number of allylic oxidation sites excluding steroid dienone is 3. The SMILES string of the molecule is C=CC/C(=C(/OC(C)C)C(=O)OC)c1ccc(OS(C)=O)cc1.CCC/C(=C(/OC(C)C)C(=O)O)c1ccc(S(=O)OC)cc1.COCO.[Na+]. The molecule has 0 saturated heterocycles. The van der Waals surface area contributed by atoms with Gasteiger partial charge in [0.15, 0.2) is 11.1 Å². The molecule has 2 unspecified atom stereocenters. The van der Waals surface area contributed by atoms with E-state index in [1.807, 2.05) is 20.8 Å². The summed E-state index contributed by atoms with van der Waals surface area (Å²) in [5, 5.41) is 17.1. The number of carboxylic acid groups (broad SMARTS) is 1. The Morgan fingerprint density at radius 2 is 1.34 bits per heavy atom. The predicted octanol–water partition coefficient (Wildman–Crippen LogP) is 3.21. The first kappa shape index (κ1) is 49.3. The number of carboxylic acids is 1. The molecule has 2 atom stereocenters. The van der Waals surface area contributed by atoms with Gasteiger partial charge in [-0.2, -0.15) is 0 Å². The molecule has 15 heteroatoms. The molecule has 0 aromatic heterocycles. The van der Waals surface area contributed by atoms with Gasteiger partial charge in [-0.1, -0.05) is 43.7 Å². The van der Waals surface area contributed by atoms with E-state index in [9.17, 15) is 23.1 Å². The van der Waals surface area contributed by atoms with Gasteiger partial charge in [0, 0.05) is 24.5 Å². The van der Waals surface area contributed by atoms with E-state index in [0.29, 0.717) is 34.6 Å². The number of rotatable bonds is 17. The zero-order chi connectivity index (χ0) is 37.5. The maximum absolute atomic E-state index is 12.0. The van der Waals surface area contributed by atoms with Crippen molar-refractivity contribution < 1.29 is 85.1 Å². The van der Waals surface area contributed by atoms with Crippen LogP contribution in [0.2, 0.25) is 0 Å². The van der Waals surface area contributed by atoms with Crippen molar-refractivity contribution in [3.05, 3.63) is 83.8 Å². The van der Waals surface area contributed by atoms with Gasteiger partial charge in [-0.15, -0.1) is 6.58 Å². The minimum atomic E-state index is -1.51. The molecular weight excluding hydrogens is 699 g/mol. The van der Waals surface area contributed by atoms with E-state index in [-0.39, 0.29) is 60.1 Å². The van der Waals surface area contributed by atoms with Crippen molar-refractivity contribution in [1.82, 2.24) is 0 Å². The zero-order valence-corrected chi connectivity index (χ0v) is 34.3. The fraction of sp³-hybridized carbons (Fsp3) is 0.429. The van der Waals surface area contributed by atoms with E-state index in [1.165, 1.54) is 27.6 Å². The minimum Gasteiger partial charge on any atom is -0.484 e. The maximum atomic E-state index is 12.0. The van der Waals surface area contributed by atoms with E-state index in [2.05, 4.69) is 11.3 Å². The molecule has 12 nitrogen and oxygen atoms in total. The van der Waals surface area contributed by atoms with E-state index in [0.717, 1.165) is 17.5 Å². The molecule has 2 aromatic carbocycles. The van der Waals surface area contributed by atoms with Crippen LogP contribution in [0.1, 0.15) is 65.0 Å². The Morgan fingerprint density at radius 3 is 1.72 bits per heavy atom. The zero-order valence-electron chi connectivity index (χ0n) is 30.7. The summed E-state index contributed by atoms with van der Waals surface area (Å²) in [7, 11) is 4.11. The molecule has 0 radical (unpaired) electrons. The molecule has 274 valence electrons. The van der Waals surface area contributed by atoms with Gasteiger partial charge in [-0.05, 0) is 75.9 Å². The Morgan fingerprint density at radius 1 is 0.860 bits per heavy atom. The summed E-state index contributed by atoms with van der Waals surface area (Å²) in [5.41, 5.74) is 2.83. The van der Waals surface area contributed by atoms with Crippen molar-refractivity contribution in [2.75, 3.05) is 34.4 Å². The van der Waals surface area contributed by atoms with E-state index in [4.69, 9.17) is 27.7 Å². The quantitative estimate of drug-likeness (QED) is 0.0608. The molecule has 0 saturated carbocycles. The van der Waals surface area contributed by atoms with Gasteiger partial charge < -0.3 is 33.3 Å². The summed E-state index contributed by atoms with van der Waals surface area (Å²) in [6.07, 6.45) is 4.56. The van der Waals surface area contributed by atoms with Crippen molar-refractivity contribution in [1.29, 1.82) is 0 Å². The topological polar surface area (TPSA) is 164 Å². The number of aliphatic hydroxyl groups excluding tert-OH is 1. The molecule has 0 fully saturated rings. The van der Waals surface area contributed by atoms with Crippen molar-refractivity contribution in [2.24, 2.45) is 0 Å². The summed E-state index contributed by atoms with van der Waals surface area (Å²) in [5.74, 6) is -1.00. The number of benzene rings is 2. The largest absolute Gasteiger partial charge is 1.00 e. The number of ether oxygens (including phenoxy) is 4. The first-order valence-electron chi connectivity index (χ1n) is 15.2. The van der Waals surface area contributed by atoms with Crippen LogP contribution in [0.5, 0.6) is 5.75 Å². The Balaban J connectivity index is 0. The van der Waals surface area contributed by atoms with Crippen molar-refractivity contribution in [3.8, 4) is 5.75 Å². The monoisotopic (exact) mass is 749 g/mol. The summed E-state index contributed by atoms with van der Waals surface area (Å²) >= 11 is -2.90. The fourth-order valence-corrected chi connectivity index (χ4v) is 4.83. The third-order valence-corrected chi connectivity index (χ3v) is 7.15. The average molecular weight is 750 g/mol. The van der Waals surface area contributed by atoms with Crippen molar-refractivity contribution in [3.63, 3.8) is 0 Å². The van der Waals surface area contributed by atoms with Crippen LogP contribution in [0.25, 0.3) is 11.1 Å². The normalized spacial score (nSPS) is 12.6. The molecule has 50 heavy (non-hydrogen) atoms. The van der Waals surface area contributed by atoms with E-state index in [1.54, 1.807) is 68.5 Å². The van der Waals surface area contributed by atoms with Crippen LogP contribution in [0.15, 0.2) is 77.6 Å². The first-order valence-corrected chi connectivity index (χ1v) is 17.8. The van der Waals surface area contributed by atoms with Gasteiger partial charge in [0.2, 0.25) is 22.6 Å². The third-order valence-electron chi connectivity index (χ3n) is 5.76. The Kier molecular flexibility index (Phi) is 27.5. The van der Waals surface area contributed by atoms with Crippen LogP contribution in [-0.2, 0) is 54.9 Å². The molecule has 2 rings (SSSR count). The second kappa shape index (κ2) is 27.8. The minimum absolute atomic E-state index is 0. The summed E-state index contributed by atoms with van der Waals surface area (Å²) in [6, 6.07) is 13.7. The fourth-order valence-electron chi connectivity index (χ4n) is 3.89. The maximum Gasteiger partial charge on any atom is 1.00 e. The van der Waals surface area contributed by atoms with Gasteiger partial charge in [0.05, 0.1) is 31.3 Å². The molecule has 0 amide bonds. The number of methoxy groups -OCH3 is 2. The summed E-state index contributed by atoms with van der Waals surface area (Å²) in [4.78, 5) is 24.1. The predicted molar refractivity (Wildman–Crippen MR) is 191 cm³/mol. The van der Waals surface area contributed by atoms with Gasteiger partial charge in [-0.3, -0.25) is 4.18 Å². The Hall–Kier alpha value is -2.82. The van der Waals surface area contributed by atoms with Crippen LogP contribution in [0.3, 0.4) is 0 Å². The van der Waals surface area contributed by atoms with Crippen LogP contribution in [0, 0.1) is 0 Å². The Labute approximate surface area is 323 Å². The first-order chi connectivity index (χ1) is 23.2. The molecule has 0 bridgehead atoms. The smallest absolute Gasteiger partial charge is 0.484 e. The molecule has 0 aliphatic rings. The standard InChI is InChI=1S/C17H22O5S.C16H22O5S.C2H6O2.Na/c1-6-7-15(16(17(18)20-4)21-12(2)3)13-8-10-14(11-9-13)22-23(5)19;1-5-6-14(15(16(17)18)21-11(2)3)12-7-9-13(10-8-12)22(19)20-4;1-4-2-3;/h6,8-12H,1,7H2,2-5H3;7-11H,5-6H2,1-4H3,(H,17,18);3H,2H2,1H3;/q;;;+1/b16-15-;15-14-;;. The number of carbonyl (C=O) groups excluding carboxylic acids is 1. The molecule has 0 aliphatic heterocycles. The molecule has 0 spiro atoms. The molecule has 0 aliphatic carbocycles. The number of aliphatic carboxylic acids is 1. The average Bonchev–Trinajstić information content (AvgIpc) is 3.07. The second-order valence-electron chi connectivity index (χ2n) is 10.3. The van der Waals surface area contributed by atoms with Gasteiger partial charge in [0.25, 0.3) is 0 Å². The number of hydrogen-bond acceptors (Lipinski definition) is 11. The van der Waals surface area contributed by atoms with Crippen molar-refractivity contribution in [2.45, 2.75) is 71.0 Å². The van der Waals surface area contributed by atoms with Crippen LogP contribution in [-0.4, -0.2) is 77.2 Å². The van der Waals surface area contributed by atoms with E-state index < -0.39 is 34.1 Å². The molecule has 2 aromatic rings. The molecule has 2 N–H and O–H groups in total. The molecule has 0 heterocycles. The van der Waals surface area contributed by atoms with E-state index >= 15 is 0 Å². The summed E-state index contributed by atoms with van der Waals surface area (Å²) < 4.78 is 52.6. The van der Waals surface area contributed by atoms with Gasteiger partial charge >= 0.3 is 41.5 Å². The Bertz CT molecular complexity index is 1420. The van der Waals surface area contributed by atoms with Gasteiger partial charge in [0.1, 0.15) is 12.5 Å². The third kappa shape index (κ3) is 19.0.